The fourth-order valence-electron chi connectivity index (χ4n) is 6.16. The number of aliphatic hydroxyl groups is 9. The van der Waals surface area contributed by atoms with Crippen molar-refractivity contribution in [2.45, 2.75) is 137 Å². The summed E-state index contributed by atoms with van der Waals surface area (Å²) in [7, 11) is 0. The third-order valence-electron chi connectivity index (χ3n) is 8.99. The number of aliphatic carboxylic acids is 2. The molecule has 0 aromatic carbocycles. The molecular weight excluding hydrogens is 726 g/mol. The average molecular weight is 776 g/mol. The molecule has 0 aromatic rings. The van der Waals surface area contributed by atoms with E-state index in [-0.39, 0.29) is 0 Å². The SMILES string of the molecule is CC(=O)N[C@H]1[C@H]([C@H](O)[C@H](O)CO)O[C@@](O[C@H]2[C@@H](O)[C@@H](CO)O[C@@H](O[C@H]3[C@@H](O)[C@@H](CO)OC(O[C@H](C)[C@H](N)C(=O)O)[C@@H]3NC(C)=O)[C@@H]2O)(C(=O)O)C[C@@H]1O. The van der Waals surface area contributed by atoms with Crippen molar-refractivity contribution in [2.24, 2.45) is 5.73 Å². The zero-order valence-electron chi connectivity index (χ0n) is 28.7. The minimum Gasteiger partial charge on any atom is -0.480 e. The minimum absolute atomic E-state index is 0.766. The van der Waals surface area contributed by atoms with Crippen molar-refractivity contribution in [3.8, 4) is 0 Å². The van der Waals surface area contributed by atoms with Crippen molar-refractivity contribution >= 4 is 23.8 Å². The van der Waals surface area contributed by atoms with E-state index in [1.54, 1.807) is 0 Å². The molecule has 24 heteroatoms. The molecule has 3 fully saturated rings. The number of nitrogens with two attached hydrogens (primary N) is 1. The van der Waals surface area contributed by atoms with Crippen LogP contribution in [0.5, 0.6) is 0 Å². The lowest BCUT2D eigenvalue weighted by molar-refractivity contribution is -0.382. The molecule has 18 atom stereocenters. The molecule has 0 aliphatic carbocycles. The lowest BCUT2D eigenvalue weighted by atomic mass is 9.88. The normalized spacial score (nSPS) is 40.0. The van der Waals surface area contributed by atoms with E-state index in [1.165, 1.54) is 6.92 Å². The summed E-state index contributed by atoms with van der Waals surface area (Å²) in [6.45, 7) is 0.303. The van der Waals surface area contributed by atoms with Gasteiger partial charge in [0.25, 0.3) is 5.79 Å². The first-order valence-corrected chi connectivity index (χ1v) is 16.4. The number of carboxylic acid groups (broad SMARTS) is 2. The first-order chi connectivity index (χ1) is 24.7. The van der Waals surface area contributed by atoms with Crippen molar-refractivity contribution < 1.29 is 104 Å². The maximum absolute atomic E-state index is 12.8. The van der Waals surface area contributed by atoms with Gasteiger partial charge in [-0.05, 0) is 6.92 Å². The molecule has 24 nitrogen and oxygen atoms in total. The Kier molecular flexibility index (Phi) is 15.8. The van der Waals surface area contributed by atoms with Gasteiger partial charge in [-0.1, -0.05) is 0 Å². The summed E-state index contributed by atoms with van der Waals surface area (Å²) in [5.41, 5.74) is 5.64. The fraction of sp³-hybridized carbons (Fsp3) is 0.862. The number of amides is 2. The van der Waals surface area contributed by atoms with Gasteiger partial charge in [-0.3, -0.25) is 14.4 Å². The summed E-state index contributed by atoms with van der Waals surface area (Å²) in [6, 6.07) is -4.78. The number of rotatable bonds is 16. The zero-order valence-corrected chi connectivity index (χ0v) is 28.7. The first-order valence-electron chi connectivity index (χ1n) is 16.4. The number of ether oxygens (including phenoxy) is 6. The van der Waals surface area contributed by atoms with Gasteiger partial charge in [0.1, 0.15) is 73.1 Å². The highest BCUT2D eigenvalue weighted by Gasteiger charge is 2.60. The van der Waals surface area contributed by atoms with Crippen LogP contribution in [0.1, 0.15) is 27.2 Å². The summed E-state index contributed by atoms with van der Waals surface area (Å²) < 4.78 is 33.8. The lowest BCUT2D eigenvalue weighted by Crippen LogP contribution is -2.71. The van der Waals surface area contributed by atoms with E-state index >= 15 is 0 Å². The van der Waals surface area contributed by atoms with Gasteiger partial charge in [-0.2, -0.15) is 0 Å². The van der Waals surface area contributed by atoms with E-state index in [0.717, 1.165) is 13.8 Å². The molecule has 0 saturated carbocycles. The van der Waals surface area contributed by atoms with Crippen LogP contribution in [0, 0.1) is 0 Å². The molecule has 306 valence electrons. The summed E-state index contributed by atoms with van der Waals surface area (Å²) in [4.78, 5) is 48.3. The lowest BCUT2D eigenvalue weighted by Gasteiger charge is -2.51. The highest BCUT2D eigenvalue weighted by Crippen LogP contribution is 2.38. The van der Waals surface area contributed by atoms with Crippen LogP contribution in [0.25, 0.3) is 0 Å². The van der Waals surface area contributed by atoms with Crippen molar-refractivity contribution in [1.82, 2.24) is 10.6 Å². The highest BCUT2D eigenvalue weighted by atomic mass is 16.8. The van der Waals surface area contributed by atoms with Crippen molar-refractivity contribution in [3.05, 3.63) is 0 Å². The van der Waals surface area contributed by atoms with Crippen LogP contribution in [0.15, 0.2) is 0 Å². The molecule has 3 rings (SSSR count). The summed E-state index contributed by atoms with van der Waals surface area (Å²) in [5, 5.41) is 119. The number of hydrogen-bond donors (Lipinski definition) is 14. The second-order valence-electron chi connectivity index (χ2n) is 12.9. The molecule has 0 aromatic heterocycles. The molecule has 3 saturated heterocycles. The molecule has 3 aliphatic rings. The zero-order chi connectivity index (χ0) is 40.1. The molecule has 1 unspecified atom stereocenters. The number of carbonyl (C=O) groups is 4. The Bertz CT molecular complexity index is 1270. The van der Waals surface area contributed by atoms with E-state index in [4.69, 9.17) is 34.2 Å². The summed E-state index contributed by atoms with van der Waals surface area (Å²) in [6.07, 6.45) is -27.7. The fourth-order valence-corrected chi connectivity index (χ4v) is 6.16. The van der Waals surface area contributed by atoms with Crippen LogP contribution in [0.3, 0.4) is 0 Å². The maximum Gasteiger partial charge on any atom is 0.364 e. The predicted octanol–water partition coefficient (Wildman–Crippen LogP) is -8.25. The standard InChI is InChI=1S/C29H49N3O21/c1-8(15(30)25(44)45)48-26-17(32-10(3)37)22(19(41)13(6-34)49-26)51-27-21(43)24(20(42)14(7-35)50-27)53-29(28(46)47)4-11(38)16(31-9(2)36)23(52-29)18(40)12(39)5-33/h8,11-24,26-27,33-35,38-43H,4-7,30H2,1-3H3,(H,31,36)(H,32,37)(H,44,45)(H,46,47)/t8-,11+,12-,13-,14-,15+,16-,17-,18-,19+,20+,21-,22-,23-,24+,26?,27+,29+/m1/s1. The Morgan fingerprint density at radius 3 is 1.87 bits per heavy atom. The third-order valence-corrected chi connectivity index (χ3v) is 8.99. The Hall–Kier alpha value is -2.76. The van der Waals surface area contributed by atoms with Crippen LogP contribution in [0.2, 0.25) is 0 Å². The average Bonchev–Trinajstić information content (AvgIpc) is 3.09. The quantitative estimate of drug-likeness (QED) is 0.0692. The number of aliphatic hydroxyl groups excluding tert-OH is 9. The summed E-state index contributed by atoms with van der Waals surface area (Å²) in [5.74, 6) is -8.12. The van der Waals surface area contributed by atoms with Crippen LogP contribution < -0.4 is 16.4 Å². The van der Waals surface area contributed by atoms with Crippen LogP contribution in [-0.4, -0.2) is 209 Å². The molecule has 3 heterocycles. The number of nitrogens with one attached hydrogen (secondary N) is 2. The Morgan fingerprint density at radius 1 is 0.849 bits per heavy atom. The van der Waals surface area contributed by atoms with Gasteiger partial charge < -0.3 is 101 Å². The van der Waals surface area contributed by atoms with Gasteiger partial charge in [-0.25, -0.2) is 4.79 Å². The minimum atomic E-state index is -3.10. The topological polar surface area (TPSA) is 396 Å². The third kappa shape index (κ3) is 10.1. The van der Waals surface area contributed by atoms with E-state index in [0.29, 0.717) is 0 Å². The van der Waals surface area contributed by atoms with Gasteiger partial charge in [0, 0.05) is 20.3 Å². The largest absolute Gasteiger partial charge is 0.480 e. The number of carbonyl (C=O) groups excluding carboxylic acids is 2. The van der Waals surface area contributed by atoms with E-state index < -0.39 is 160 Å². The molecule has 2 amide bonds. The second kappa shape index (κ2) is 18.7. The van der Waals surface area contributed by atoms with Crippen LogP contribution in [0.4, 0.5) is 0 Å². The molecule has 0 radical (unpaired) electrons. The monoisotopic (exact) mass is 775 g/mol. The van der Waals surface area contributed by atoms with Gasteiger partial charge >= 0.3 is 11.9 Å². The summed E-state index contributed by atoms with van der Waals surface area (Å²) >= 11 is 0. The van der Waals surface area contributed by atoms with Crippen molar-refractivity contribution in [1.29, 1.82) is 0 Å². The molecule has 53 heavy (non-hydrogen) atoms. The van der Waals surface area contributed by atoms with Gasteiger partial charge in [0.2, 0.25) is 11.8 Å². The second-order valence-corrected chi connectivity index (χ2v) is 12.9. The van der Waals surface area contributed by atoms with Crippen LogP contribution in [-0.2, 0) is 47.6 Å². The molecular formula is C29H49N3O21. The molecule has 15 N–H and O–H groups in total. The van der Waals surface area contributed by atoms with Crippen molar-refractivity contribution in [2.75, 3.05) is 19.8 Å². The predicted molar refractivity (Wildman–Crippen MR) is 166 cm³/mol. The Labute approximate surface area is 300 Å². The van der Waals surface area contributed by atoms with E-state index in [9.17, 15) is 75.3 Å². The van der Waals surface area contributed by atoms with Gasteiger partial charge in [0.05, 0.1) is 38.1 Å². The Balaban J connectivity index is 2.01. The van der Waals surface area contributed by atoms with Crippen LogP contribution >= 0.6 is 0 Å². The van der Waals surface area contributed by atoms with Gasteiger partial charge in [0.15, 0.2) is 12.6 Å². The Morgan fingerprint density at radius 2 is 1.38 bits per heavy atom. The van der Waals surface area contributed by atoms with E-state index in [2.05, 4.69) is 10.6 Å². The maximum atomic E-state index is 12.8. The highest BCUT2D eigenvalue weighted by molar-refractivity contribution is 5.77. The molecule has 3 aliphatic heterocycles. The molecule has 0 bridgehead atoms. The number of carboxylic acids is 2. The van der Waals surface area contributed by atoms with Crippen molar-refractivity contribution in [3.63, 3.8) is 0 Å². The van der Waals surface area contributed by atoms with Gasteiger partial charge in [-0.15, -0.1) is 0 Å². The smallest absolute Gasteiger partial charge is 0.364 e. The molecule has 0 spiro atoms. The first kappa shape index (κ1) is 44.6. The number of hydrogen-bond acceptors (Lipinski definition) is 20. The van der Waals surface area contributed by atoms with E-state index in [1.807, 2.05) is 0 Å².